The zero-order chi connectivity index (χ0) is 25.4. The van der Waals surface area contributed by atoms with E-state index in [2.05, 4.69) is 5.32 Å². The van der Waals surface area contributed by atoms with Gasteiger partial charge in [0, 0.05) is 12.0 Å². The fourth-order valence-electron chi connectivity index (χ4n) is 6.42. The molecule has 0 spiro atoms. The van der Waals surface area contributed by atoms with Crippen LogP contribution in [0.4, 0.5) is 18.9 Å². The van der Waals surface area contributed by atoms with Crippen LogP contribution in [0.2, 0.25) is 0 Å². The van der Waals surface area contributed by atoms with Crippen molar-refractivity contribution in [3.8, 4) is 6.07 Å². The number of alkyl halides is 3. The van der Waals surface area contributed by atoms with Gasteiger partial charge in [0.05, 0.1) is 34.7 Å². The Morgan fingerprint density at radius 3 is 2.50 bits per heavy atom. The number of fused-ring (bicyclic) bond motifs is 1. The van der Waals surface area contributed by atoms with E-state index < -0.39 is 64.9 Å². The highest BCUT2D eigenvalue weighted by Crippen LogP contribution is 2.63. The summed E-state index contributed by atoms with van der Waals surface area (Å²) in [6, 6.07) is 12.3. The van der Waals surface area contributed by atoms with Crippen molar-refractivity contribution < 1.29 is 32.3 Å². The van der Waals surface area contributed by atoms with Crippen molar-refractivity contribution >= 4 is 23.5 Å². The monoisotopic (exact) mass is 495 g/mol. The minimum Gasteiger partial charge on any atom is -0.460 e. The summed E-state index contributed by atoms with van der Waals surface area (Å²) in [5, 5.41) is 12.3. The second-order valence-corrected chi connectivity index (χ2v) is 9.81. The van der Waals surface area contributed by atoms with E-state index in [0.29, 0.717) is 6.07 Å². The van der Waals surface area contributed by atoms with Gasteiger partial charge in [-0.2, -0.15) is 18.4 Å². The van der Waals surface area contributed by atoms with Crippen LogP contribution in [0.25, 0.3) is 0 Å². The molecule has 7 atom stereocenters. The molecule has 3 heterocycles. The predicted molar refractivity (Wildman–Crippen MR) is 118 cm³/mol. The standard InChI is InChI=1S/C26H20F3N3O4/c27-26(28,29)17-8-14(7-6-13(17)10-30)32-23(33)19-18-15-9-16(15)21(20(19)24(32)34)31-22(18)25(35)36-11-12-4-2-1-3-5-12/h1-8,15-16,18-22,31H,9,11H2/t15-,16+,18-,19+,20+,21-,22+/m0/s1. The summed E-state index contributed by atoms with van der Waals surface area (Å²) in [6.07, 6.45) is -4.04. The molecule has 7 rings (SSSR count). The molecule has 36 heavy (non-hydrogen) atoms. The Hall–Kier alpha value is -3.71. The summed E-state index contributed by atoms with van der Waals surface area (Å²) < 4.78 is 46.1. The number of ether oxygens (including phenoxy) is 1. The van der Waals surface area contributed by atoms with E-state index in [1.165, 1.54) is 12.1 Å². The average molecular weight is 495 g/mol. The molecule has 2 saturated carbocycles. The topological polar surface area (TPSA) is 99.5 Å². The maximum Gasteiger partial charge on any atom is 0.417 e. The minimum atomic E-state index is -4.82. The largest absolute Gasteiger partial charge is 0.460 e. The Bertz CT molecular complexity index is 1320. The van der Waals surface area contributed by atoms with E-state index in [4.69, 9.17) is 10.00 Å². The Kier molecular flexibility index (Phi) is 4.99. The van der Waals surface area contributed by atoms with Crippen LogP contribution in [0.1, 0.15) is 23.1 Å². The van der Waals surface area contributed by atoms with Gasteiger partial charge in [0.15, 0.2) is 0 Å². The van der Waals surface area contributed by atoms with Crippen LogP contribution in [0.15, 0.2) is 48.5 Å². The summed E-state index contributed by atoms with van der Waals surface area (Å²) in [6.45, 7) is 0.0713. The molecule has 5 aliphatic rings. The molecule has 2 amide bonds. The second kappa shape index (κ2) is 7.90. The normalized spacial score (nSPS) is 32.1. The number of benzene rings is 2. The first-order valence-corrected chi connectivity index (χ1v) is 11.7. The van der Waals surface area contributed by atoms with Crippen molar-refractivity contribution in [2.45, 2.75) is 31.3 Å². The first kappa shape index (κ1) is 22.7. The molecule has 2 aromatic carbocycles. The maximum absolute atomic E-state index is 13.5. The third-order valence-corrected chi connectivity index (χ3v) is 7.97. The van der Waals surface area contributed by atoms with Gasteiger partial charge < -0.3 is 10.1 Å². The third kappa shape index (κ3) is 3.33. The minimum absolute atomic E-state index is 0.0713. The zero-order valence-corrected chi connectivity index (χ0v) is 18.7. The van der Waals surface area contributed by atoms with Gasteiger partial charge in [-0.15, -0.1) is 0 Å². The molecule has 0 unspecified atom stereocenters. The van der Waals surface area contributed by atoms with Crippen LogP contribution in [0.3, 0.4) is 0 Å². The van der Waals surface area contributed by atoms with Gasteiger partial charge in [0.2, 0.25) is 11.8 Å². The van der Waals surface area contributed by atoms with Gasteiger partial charge in [-0.05, 0) is 42.0 Å². The quantitative estimate of drug-likeness (QED) is 0.517. The molecule has 3 aliphatic heterocycles. The molecular weight excluding hydrogens is 475 g/mol. The number of amides is 2. The molecular formula is C26H20F3N3O4. The average Bonchev–Trinajstić information content (AvgIpc) is 3.64. The summed E-state index contributed by atoms with van der Waals surface area (Å²) in [7, 11) is 0. The van der Waals surface area contributed by atoms with Crippen molar-refractivity contribution in [2.24, 2.45) is 29.6 Å². The molecule has 10 heteroatoms. The van der Waals surface area contributed by atoms with E-state index >= 15 is 0 Å². The Labute approximate surface area is 203 Å². The fraction of sp³-hybridized carbons (Fsp3) is 0.385. The van der Waals surface area contributed by atoms with Crippen molar-refractivity contribution in [1.82, 2.24) is 5.32 Å². The lowest BCUT2D eigenvalue weighted by atomic mass is 9.64. The van der Waals surface area contributed by atoms with Crippen LogP contribution in [-0.4, -0.2) is 29.9 Å². The lowest BCUT2D eigenvalue weighted by Crippen LogP contribution is -2.65. The van der Waals surface area contributed by atoms with Crippen LogP contribution >= 0.6 is 0 Å². The Balaban J connectivity index is 1.29. The number of anilines is 1. The lowest BCUT2D eigenvalue weighted by Gasteiger charge is -2.47. The van der Waals surface area contributed by atoms with Crippen molar-refractivity contribution in [3.05, 3.63) is 65.2 Å². The number of nitrogens with zero attached hydrogens (tertiary/aromatic N) is 2. The number of hydrogen-bond acceptors (Lipinski definition) is 6. The Morgan fingerprint density at radius 1 is 1.08 bits per heavy atom. The predicted octanol–water partition coefficient (Wildman–Crippen LogP) is 3.03. The number of nitriles is 1. The van der Waals surface area contributed by atoms with Gasteiger partial charge in [-0.25, -0.2) is 4.90 Å². The molecule has 5 fully saturated rings. The molecule has 2 aromatic rings. The number of piperidine rings is 2. The van der Waals surface area contributed by atoms with E-state index in [0.717, 1.165) is 23.0 Å². The first-order chi connectivity index (χ1) is 17.2. The fourth-order valence-corrected chi connectivity index (χ4v) is 6.42. The van der Waals surface area contributed by atoms with Crippen LogP contribution < -0.4 is 10.2 Å². The van der Waals surface area contributed by atoms with Gasteiger partial charge in [0.25, 0.3) is 0 Å². The molecule has 7 nitrogen and oxygen atoms in total. The number of carbonyl (C=O) groups is 3. The molecule has 3 saturated heterocycles. The summed E-state index contributed by atoms with van der Waals surface area (Å²) in [4.78, 5) is 40.8. The first-order valence-electron chi connectivity index (χ1n) is 11.7. The van der Waals surface area contributed by atoms with E-state index in [-0.39, 0.29) is 24.1 Å². The van der Waals surface area contributed by atoms with Crippen molar-refractivity contribution in [3.63, 3.8) is 0 Å². The molecule has 1 N–H and O–H groups in total. The number of esters is 1. The summed E-state index contributed by atoms with van der Waals surface area (Å²) in [5.74, 6) is -3.52. The molecule has 2 bridgehead atoms. The Morgan fingerprint density at radius 2 is 1.81 bits per heavy atom. The van der Waals surface area contributed by atoms with Crippen molar-refractivity contribution in [2.75, 3.05) is 4.90 Å². The molecule has 184 valence electrons. The van der Waals surface area contributed by atoms with Crippen molar-refractivity contribution in [1.29, 1.82) is 5.26 Å². The van der Waals surface area contributed by atoms with Gasteiger partial charge in [-0.3, -0.25) is 14.4 Å². The lowest BCUT2D eigenvalue weighted by molar-refractivity contribution is -0.156. The maximum atomic E-state index is 13.5. The highest BCUT2D eigenvalue weighted by molar-refractivity contribution is 6.23. The number of carbonyl (C=O) groups excluding carboxylic acids is 3. The van der Waals surface area contributed by atoms with E-state index in [9.17, 15) is 27.6 Å². The summed E-state index contributed by atoms with van der Waals surface area (Å²) in [5.41, 5.74) is -1.20. The third-order valence-electron chi connectivity index (χ3n) is 7.97. The SMILES string of the molecule is N#Cc1ccc(N2C(=O)[C@H]3[C@H]4N[C@@H](C(=O)OCc5ccccc5)[C@@H]([C@H]5C[C@H]54)[C@H]3C2=O)cc1C(F)(F)F. The number of rotatable bonds is 4. The molecule has 2 aliphatic carbocycles. The van der Waals surface area contributed by atoms with Gasteiger partial charge in [-0.1, -0.05) is 30.3 Å². The number of imide groups is 1. The number of halogens is 3. The van der Waals surface area contributed by atoms with E-state index in [1.807, 2.05) is 30.3 Å². The summed E-state index contributed by atoms with van der Waals surface area (Å²) >= 11 is 0. The highest BCUT2D eigenvalue weighted by Gasteiger charge is 2.72. The zero-order valence-electron chi connectivity index (χ0n) is 18.7. The number of hydrogen-bond donors (Lipinski definition) is 1. The number of nitrogens with one attached hydrogen (secondary N) is 1. The van der Waals surface area contributed by atoms with Gasteiger partial charge in [0.1, 0.15) is 12.6 Å². The smallest absolute Gasteiger partial charge is 0.417 e. The van der Waals surface area contributed by atoms with Crippen LogP contribution in [-0.2, 0) is 31.9 Å². The highest BCUT2D eigenvalue weighted by atomic mass is 19.4. The van der Waals surface area contributed by atoms with Crippen LogP contribution in [0.5, 0.6) is 0 Å². The van der Waals surface area contributed by atoms with Crippen LogP contribution in [0, 0.1) is 40.9 Å². The molecule has 0 radical (unpaired) electrons. The molecule has 0 aromatic heterocycles. The second-order valence-electron chi connectivity index (χ2n) is 9.81. The van der Waals surface area contributed by atoms with E-state index in [1.54, 1.807) is 0 Å². The van der Waals surface area contributed by atoms with Gasteiger partial charge >= 0.3 is 12.1 Å².